The maximum absolute atomic E-state index is 10.8. The summed E-state index contributed by atoms with van der Waals surface area (Å²) in [5.41, 5.74) is 3.74. The van der Waals surface area contributed by atoms with Crippen molar-refractivity contribution in [3.05, 3.63) is 96.8 Å². The van der Waals surface area contributed by atoms with Crippen LogP contribution in [0.1, 0.15) is 50.5 Å². The van der Waals surface area contributed by atoms with Gasteiger partial charge in [-0.2, -0.15) is 0 Å². The first-order valence-electron chi connectivity index (χ1n) is 13.2. The molecule has 1 heterocycles. The molecule has 0 radical (unpaired) electrons. The Morgan fingerprint density at radius 2 is 1.81 bits per heavy atom. The molecule has 4 nitrogen and oxygen atoms in total. The highest BCUT2D eigenvalue weighted by molar-refractivity contribution is 5.66. The number of aliphatic carboxylic acids is 1. The van der Waals surface area contributed by atoms with E-state index in [0.717, 1.165) is 18.6 Å². The van der Waals surface area contributed by atoms with E-state index in [2.05, 4.69) is 84.0 Å². The molecular formula is C32H35NO3. The number of nitrogens with zero attached hydrogens (tertiary/aromatic N) is 1. The second kappa shape index (κ2) is 11.1. The van der Waals surface area contributed by atoms with E-state index >= 15 is 0 Å². The number of carbonyl (C=O) groups is 1. The van der Waals surface area contributed by atoms with Crippen molar-refractivity contribution in [3.63, 3.8) is 0 Å². The van der Waals surface area contributed by atoms with Gasteiger partial charge in [-0.25, -0.2) is 0 Å². The highest BCUT2D eigenvalue weighted by Crippen LogP contribution is 2.62. The number of aromatic nitrogens is 1. The Kier molecular flexibility index (Phi) is 7.50. The van der Waals surface area contributed by atoms with E-state index in [4.69, 9.17) is 9.84 Å². The highest BCUT2D eigenvalue weighted by Gasteiger charge is 2.58. The fourth-order valence-electron chi connectivity index (χ4n) is 6.71. The number of pyridine rings is 1. The van der Waals surface area contributed by atoms with Crippen molar-refractivity contribution in [2.45, 2.75) is 50.4 Å². The third kappa shape index (κ3) is 5.09. The van der Waals surface area contributed by atoms with Crippen LogP contribution in [0.25, 0.3) is 11.1 Å². The highest BCUT2D eigenvalue weighted by atomic mass is 16.5. The van der Waals surface area contributed by atoms with Gasteiger partial charge in [0, 0.05) is 30.1 Å². The zero-order valence-electron chi connectivity index (χ0n) is 20.8. The summed E-state index contributed by atoms with van der Waals surface area (Å²) in [6.45, 7) is 0.702. The summed E-state index contributed by atoms with van der Waals surface area (Å²) < 4.78 is 6.47. The van der Waals surface area contributed by atoms with Crippen LogP contribution in [-0.2, 0) is 10.2 Å². The minimum atomic E-state index is -0.725. The molecule has 0 amide bonds. The zero-order valence-corrected chi connectivity index (χ0v) is 20.8. The summed E-state index contributed by atoms with van der Waals surface area (Å²) in [4.78, 5) is 15.3. The van der Waals surface area contributed by atoms with Gasteiger partial charge < -0.3 is 9.84 Å². The molecule has 2 fully saturated rings. The van der Waals surface area contributed by atoms with Crippen LogP contribution >= 0.6 is 0 Å². The molecule has 2 saturated carbocycles. The van der Waals surface area contributed by atoms with E-state index < -0.39 is 5.97 Å². The molecule has 4 atom stereocenters. The van der Waals surface area contributed by atoms with E-state index in [-0.39, 0.29) is 11.8 Å². The van der Waals surface area contributed by atoms with Gasteiger partial charge in [0.15, 0.2) is 0 Å². The molecule has 5 rings (SSSR count). The molecule has 186 valence electrons. The lowest BCUT2D eigenvalue weighted by atomic mass is 9.61. The van der Waals surface area contributed by atoms with E-state index in [1.807, 2.05) is 12.3 Å². The minimum Gasteiger partial charge on any atom is -0.493 e. The SMILES string of the molecule is O=C(O)CCC/C=C\C[C@@]1(c2cccnc2)C2CCC(C2)[C@H]1COc1ccc(-c2ccccc2)cc1. The number of ether oxygens (including phenoxy) is 1. The molecule has 36 heavy (non-hydrogen) atoms. The van der Waals surface area contributed by atoms with Crippen LogP contribution in [0.3, 0.4) is 0 Å². The number of benzene rings is 2. The second-order valence-corrected chi connectivity index (χ2v) is 10.3. The molecule has 2 aliphatic carbocycles. The van der Waals surface area contributed by atoms with Gasteiger partial charge in [0.25, 0.3) is 0 Å². The molecule has 2 unspecified atom stereocenters. The van der Waals surface area contributed by atoms with Crippen LogP contribution in [0, 0.1) is 17.8 Å². The average molecular weight is 482 g/mol. The molecule has 2 bridgehead atoms. The summed E-state index contributed by atoms with van der Waals surface area (Å²) in [5.74, 6) is 1.92. The molecule has 4 heteroatoms. The Balaban J connectivity index is 1.33. The van der Waals surface area contributed by atoms with E-state index in [9.17, 15) is 4.79 Å². The first kappa shape index (κ1) is 24.3. The van der Waals surface area contributed by atoms with Crippen LogP contribution < -0.4 is 4.74 Å². The van der Waals surface area contributed by atoms with Crippen molar-refractivity contribution in [1.29, 1.82) is 0 Å². The van der Waals surface area contributed by atoms with E-state index in [1.54, 1.807) is 0 Å². The van der Waals surface area contributed by atoms with E-state index in [1.165, 1.54) is 36.0 Å². The number of allylic oxidation sites excluding steroid dienone is 2. The second-order valence-electron chi connectivity index (χ2n) is 10.3. The van der Waals surface area contributed by atoms with Crippen LogP contribution in [0.15, 0.2) is 91.3 Å². The predicted molar refractivity (Wildman–Crippen MR) is 143 cm³/mol. The van der Waals surface area contributed by atoms with Gasteiger partial charge in [-0.3, -0.25) is 9.78 Å². The summed E-state index contributed by atoms with van der Waals surface area (Å²) in [5, 5.41) is 8.92. The molecule has 1 aromatic heterocycles. The monoisotopic (exact) mass is 481 g/mol. The molecule has 2 aliphatic rings. The van der Waals surface area contributed by atoms with Gasteiger partial charge >= 0.3 is 5.97 Å². The fourth-order valence-corrected chi connectivity index (χ4v) is 6.71. The molecule has 1 N–H and O–H groups in total. The summed E-state index contributed by atoms with van der Waals surface area (Å²) in [6.07, 6.45) is 14.8. The van der Waals surface area contributed by atoms with Gasteiger partial charge in [-0.1, -0.05) is 60.7 Å². The van der Waals surface area contributed by atoms with Crippen molar-refractivity contribution in [2.24, 2.45) is 17.8 Å². The number of unbranched alkanes of at least 4 members (excludes halogenated alkanes) is 1. The smallest absolute Gasteiger partial charge is 0.303 e. The third-order valence-corrected chi connectivity index (χ3v) is 8.41. The Morgan fingerprint density at radius 3 is 2.56 bits per heavy atom. The first-order chi connectivity index (χ1) is 17.7. The van der Waals surface area contributed by atoms with Crippen molar-refractivity contribution in [1.82, 2.24) is 4.98 Å². The average Bonchev–Trinajstić information content (AvgIpc) is 3.52. The zero-order chi connectivity index (χ0) is 24.8. The summed E-state index contributed by atoms with van der Waals surface area (Å²) in [7, 11) is 0. The molecule has 0 aliphatic heterocycles. The van der Waals surface area contributed by atoms with Crippen molar-refractivity contribution < 1.29 is 14.6 Å². The molecule has 2 aromatic carbocycles. The number of rotatable bonds is 11. The first-order valence-corrected chi connectivity index (χ1v) is 13.2. The van der Waals surface area contributed by atoms with Gasteiger partial charge in [0.05, 0.1) is 6.61 Å². The quantitative estimate of drug-likeness (QED) is 0.230. The normalized spacial score (nSPS) is 24.8. The third-order valence-electron chi connectivity index (χ3n) is 8.41. The van der Waals surface area contributed by atoms with E-state index in [0.29, 0.717) is 30.8 Å². The Labute approximate surface area is 214 Å². The van der Waals surface area contributed by atoms with Crippen molar-refractivity contribution >= 4 is 5.97 Å². The lowest BCUT2D eigenvalue weighted by Crippen LogP contribution is -2.43. The van der Waals surface area contributed by atoms with Crippen LogP contribution in [-0.4, -0.2) is 22.7 Å². The van der Waals surface area contributed by atoms with Gasteiger partial charge in [-0.15, -0.1) is 0 Å². The molecular weight excluding hydrogens is 446 g/mol. The summed E-state index contributed by atoms with van der Waals surface area (Å²) in [6, 6.07) is 23.2. The lowest BCUT2D eigenvalue weighted by Gasteiger charge is -2.44. The number of carboxylic acids is 1. The maximum atomic E-state index is 10.8. The standard InChI is InChI=1S/C32H35NO3/c34-31(35)12-6-1-2-7-19-32(28-11-8-20-33-22-28)27-16-13-26(21-27)30(32)23-36-29-17-14-25(15-18-29)24-9-4-3-5-10-24/h2-5,7-11,14-15,17-18,20,22,26-27,30H,1,6,12-13,16,19,21,23H2,(H,34,35)/b7-2-/t26?,27?,30-,32+/m1/s1. The lowest BCUT2D eigenvalue weighted by molar-refractivity contribution is -0.137. The van der Waals surface area contributed by atoms with Crippen LogP contribution in [0.5, 0.6) is 5.75 Å². The number of carboxylic acid groups (broad SMARTS) is 1. The fraction of sp³-hybridized carbons (Fsp3) is 0.375. The number of hydrogen-bond acceptors (Lipinski definition) is 3. The number of fused-ring (bicyclic) bond motifs is 2. The van der Waals surface area contributed by atoms with Crippen molar-refractivity contribution in [3.8, 4) is 16.9 Å². The molecule has 0 spiro atoms. The van der Waals surface area contributed by atoms with Gasteiger partial charge in [-0.05, 0) is 85.3 Å². The Morgan fingerprint density at radius 1 is 1.00 bits per heavy atom. The number of hydrogen-bond donors (Lipinski definition) is 1. The molecule has 0 saturated heterocycles. The van der Waals surface area contributed by atoms with Gasteiger partial charge in [0.1, 0.15) is 5.75 Å². The van der Waals surface area contributed by atoms with Crippen LogP contribution in [0.4, 0.5) is 0 Å². The Hall–Kier alpha value is -3.40. The maximum Gasteiger partial charge on any atom is 0.303 e. The summed E-state index contributed by atoms with van der Waals surface area (Å²) >= 11 is 0. The minimum absolute atomic E-state index is 0.0183. The predicted octanol–water partition coefficient (Wildman–Crippen LogP) is 7.31. The molecule has 3 aromatic rings. The van der Waals surface area contributed by atoms with Gasteiger partial charge in [0.2, 0.25) is 0 Å². The Bertz CT molecular complexity index is 1160. The van der Waals surface area contributed by atoms with Crippen LogP contribution in [0.2, 0.25) is 0 Å². The van der Waals surface area contributed by atoms with Crippen molar-refractivity contribution in [2.75, 3.05) is 6.61 Å². The topological polar surface area (TPSA) is 59.4 Å². The largest absolute Gasteiger partial charge is 0.493 e.